The highest BCUT2D eigenvalue weighted by Gasteiger charge is 2.41. The Morgan fingerprint density at radius 1 is 1.48 bits per heavy atom. The maximum Gasteiger partial charge on any atom is 0.305 e. The van der Waals surface area contributed by atoms with E-state index in [1.54, 1.807) is 6.08 Å². The second-order valence-corrected chi connectivity index (χ2v) is 7.55. The molecule has 1 fully saturated rings. The van der Waals surface area contributed by atoms with Gasteiger partial charge in [-0.15, -0.1) is 0 Å². The van der Waals surface area contributed by atoms with Crippen molar-refractivity contribution in [3.8, 4) is 0 Å². The second kappa shape index (κ2) is 7.46. The smallest absolute Gasteiger partial charge is 0.305 e. The number of ketones is 1. The van der Waals surface area contributed by atoms with Gasteiger partial charge < -0.3 is 4.74 Å². The Morgan fingerprint density at radius 2 is 2.22 bits per heavy atom. The van der Waals surface area contributed by atoms with Crippen LogP contribution in [0.15, 0.2) is 23.8 Å². The minimum absolute atomic E-state index is 0.0409. The van der Waals surface area contributed by atoms with Gasteiger partial charge in [-0.05, 0) is 55.6 Å². The summed E-state index contributed by atoms with van der Waals surface area (Å²) >= 11 is 0. The fraction of sp³-hybridized carbons (Fsp3) is 0.700. The maximum absolute atomic E-state index is 11.7. The van der Waals surface area contributed by atoms with Crippen molar-refractivity contribution in [1.29, 1.82) is 0 Å². The molecule has 0 unspecified atom stereocenters. The zero-order valence-corrected chi connectivity index (χ0v) is 14.9. The van der Waals surface area contributed by atoms with Gasteiger partial charge in [0.05, 0.1) is 6.61 Å². The molecule has 3 heteroatoms. The molecular weight excluding hydrogens is 288 g/mol. The van der Waals surface area contributed by atoms with Gasteiger partial charge in [0, 0.05) is 11.8 Å². The lowest BCUT2D eigenvalue weighted by molar-refractivity contribution is -0.143. The van der Waals surface area contributed by atoms with Crippen LogP contribution in [0.1, 0.15) is 59.8 Å². The minimum Gasteiger partial charge on any atom is -0.466 e. The molecule has 0 aromatic carbocycles. The van der Waals surface area contributed by atoms with E-state index < -0.39 is 0 Å². The minimum atomic E-state index is -0.108. The zero-order valence-electron chi connectivity index (χ0n) is 14.9. The van der Waals surface area contributed by atoms with E-state index in [-0.39, 0.29) is 17.2 Å². The van der Waals surface area contributed by atoms with Gasteiger partial charge in [-0.1, -0.05) is 39.3 Å². The zero-order chi connectivity index (χ0) is 17.0. The van der Waals surface area contributed by atoms with Gasteiger partial charge in [0.2, 0.25) is 0 Å². The SMILES string of the molecule is CCC(=O)OCCC[C@H](C)[C@@H]1C[C@H](C)C2=CC(=O)C=C[C@]2(C)C1. The maximum atomic E-state index is 11.7. The molecular formula is C20H30O3. The van der Waals surface area contributed by atoms with Gasteiger partial charge in [0.15, 0.2) is 5.78 Å². The normalized spacial score (nSPS) is 31.3. The Morgan fingerprint density at radius 3 is 2.91 bits per heavy atom. The highest BCUT2D eigenvalue weighted by molar-refractivity contribution is 6.01. The number of hydrogen-bond acceptors (Lipinski definition) is 3. The van der Waals surface area contributed by atoms with E-state index >= 15 is 0 Å². The number of carbonyl (C=O) groups is 2. The first-order valence-corrected chi connectivity index (χ1v) is 8.96. The summed E-state index contributed by atoms with van der Waals surface area (Å²) in [7, 11) is 0. The van der Waals surface area contributed by atoms with Crippen LogP contribution in [-0.2, 0) is 14.3 Å². The molecule has 0 radical (unpaired) electrons. The Labute approximate surface area is 140 Å². The predicted molar refractivity (Wildman–Crippen MR) is 91.9 cm³/mol. The van der Waals surface area contributed by atoms with Crippen molar-refractivity contribution < 1.29 is 14.3 Å². The molecule has 0 amide bonds. The molecule has 2 aliphatic rings. The molecule has 3 nitrogen and oxygen atoms in total. The number of hydrogen-bond donors (Lipinski definition) is 0. The number of fused-ring (bicyclic) bond motifs is 1. The summed E-state index contributed by atoms with van der Waals surface area (Å²) in [6.07, 6.45) is 10.4. The van der Waals surface area contributed by atoms with Crippen molar-refractivity contribution in [2.45, 2.75) is 59.8 Å². The lowest BCUT2D eigenvalue weighted by atomic mass is 9.59. The van der Waals surface area contributed by atoms with E-state index in [0.29, 0.717) is 30.8 Å². The Balaban J connectivity index is 1.89. The molecule has 0 bridgehead atoms. The molecule has 23 heavy (non-hydrogen) atoms. The van der Waals surface area contributed by atoms with Crippen LogP contribution in [0.2, 0.25) is 0 Å². The number of rotatable bonds is 6. The van der Waals surface area contributed by atoms with Crippen LogP contribution in [0.4, 0.5) is 0 Å². The Bertz CT molecular complexity index is 517. The van der Waals surface area contributed by atoms with Crippen molar-refractivity contribution in [2.24, 2.45) is 23.2 Å². The molecule has 0 aliphatic heterocycles. The Hall–Kier alpha value is -1.38. The highest BCUT2D eigenvalue weighted by atomic mass is 16.5. The third-order valence-electron chi connectivity index (χ3n) is 5.61. The number of allylic oxidation sites excluding steroid dienone is 4. The van der Waals surface area contributed by atoms with Crippen LogP contribution in [0.5, 0.6) is 0 Å². The van der Waals surface area contributed by atoms with Gasteiger partial charge >= 0.3 is 5.97 Å². The summed E-state index contributed by atoms with van der Waals surface area (Å²) < 4.78 is 5.17. The first kappa shape index (κ1) is 18.0. The number of carbonyl (C=O) groups excluding carboxylic acids is 2. The third-order valence-corrected chi connectivity index (χ3v) is 5.61. The van der Waals surface area contributed by atoms with Gasteiger partial charge in [-0.2, -0.15) is 0 Å². The first-order chi connectivity index (χ1) is 10.9. The summed E-state index contributed by atoms with van der Waals surface area (Å²) in [5.41, 5.74) is 1.35. The molecule has 0 heterocycles. The molecule has 2 aliphatic carbocycles. The molecule has 4 atom stereocenters. The van der Waals surface area contributed by atoms with Crippen LogP contribution < -0.4 is 0 Å². The second-order valence-electron chi connectivity index (χ2n) is 7.55. The molecule has 2 rings (SSSR count). The number of esters is 1. The lowest BCUT2D eigenvalue weighted by Gasteiger charge is -2.45. The van der Waals surface area contributed by atoms with Crippen molar-refractivity contribution >= 4 is 11.8 Å². The molecule has 0 spiro atoms. The van der Waals surface area contributed by atoms with Crippen molar-refractivity contribution in [2.75, 3.05) is 6.61 Å². The molecule has 0 N–H and O–H groups in total. The summed E-state index contributed by atoms with van der Waals surface area (Å²) in [6.45, 7) is 9.19. The monoisotopic (exact) mass is 318 g/mol. The molecule has 0 saturated heterocycles. The van der Waals surface area contributed by atoms with Gasteiger partial charge in [0.1, 0.15) is 0 Å². The molecule has 1 saturated carbocycles. The number of ether oxygens (including phenoxy) is 1. The highest BCUT2D eigenvalue weighted by Crippen LogP contribution is 2.50. The lowest BCUT2D eigenvalue weighted by Crippen LogP contribution is -2.36. The molecule has 0 aromatic heterocycles. The Kier molecular flexibility index (Phi) is 5.83. The van der Waals surface area contributed by atoms with E-state index in [1.165, 1.54) is 5.57 Å². The largest absolute Gasteiger partial charge is 0.466 e. The van der Waals surface area contributed by atoms with Gasteiger partial charge in [-0.3, -0.25) is 9.59 Å². The first-order valence-electron chi connectivity index (χ1n) is 8.96. The van der Waals surface area contributed by atoms with Crippen LogP contribution in [0.3, 0.4) is 0 Å². The average molecular weight is 318 g/mol. The molecule has 128 valence electrons. The third kappa shape index (κ3) is 4.33. The standard InChI is InChI=1S/C20H30O3/c1-5-19(22)23-10-6-7-14(2)16-11-15(3)18-12-17(21)8-9-20(18,4)13-16/h8-9,12,14-16H,5-7,10-11,13H2,1-4H3/t14-,15-,16+,20+/m0/s1. The van der Waals surface area contributed by atoms with E-state index in [0.717, 1.165) is 25.7 Å². The fourth-order valence-electron chi connectivity index (χ4n) is 4.19. The predicted octanol–water partition coefficient (Wildman–Crippen LogP) is 4.47. The van der Waals surface area contributed by atoms with E-state index in [4.69, 9.17) is 4.74 Å². The van der Waals surface area contributed by atoms with E-state index in [1.807, 2.05) is 13.0 Å². The summed E-state index contributed by atoms with van der Waals surface area (Å²) in [6, 6.07) is 0. The topological polar surface area (TPSA) is 43.4 Å². The van der Waals surface area contributed by atoms with Crippen LogP contribution >= 0.6 is 0 Å². The van der Waals surface area contributed by atoms with Crippen molar-refractivity contribution in [3.63, 3.8) is 0 Å². The fourth-order valence-corrected chi connectivity index (χ4v) is 4.19. The van der Waals surface area contributed by atoms with Crippen molar-refractivity contribution in [3.05, 3.63) is 23.8 Å². The van der Waals surface area contributed by atoms with Crippen LogP contribution in [0, 0.1) is 23.2 Å². The quantitative estimate of drug-likeness (QED) is 0.536. The van der Waals surface area contributed by atoms with Gasteiger partial charge in [0.25, 0.3) is 0 Å². The van der Waals surface area contributed by atoms with E-state index in [9.17, 15) is 9.59 Å². The summed E-state index contributed by atoms with van der Waals surface area (Å²) in [5.74, 6) is 1.76. The molecule has 0 aromatic rings. The van der Waals surface area contributed by atoms with E-state index in [2.05, 4.69) is 26.8 Å². The summed E-state index contributed by atoms with van der Waals surface area (Å²) in [4.78, 5) is 22.8. The van der Waals surface area contributed by atoms with Crippen LogP contribution in [-0.4, -0.2) is 18.4 Å². The summed E-state index contributed by atoms with van der Waals surface area (Å²) in [5, 5.41) is 0. The van der Waals surface area contributed by atoms with Crippen molar-refractivity contribution in [1.82, 2.24) is 0 Å². The van der Waals surface area contributed by atoms with Gasteiger partial charge in [-0.25, -0.2) is 0 Å². The van der Waals surface area contributed by atoms with Crippen LogP contribution in [0.25, 0.3) is 0 Å². The average Bonchev–Trinajstić information content (AvgIpc) is 2.52.